The zero-order chi connectivity index (χ0) is 15.5. The number of benzene rings is 2. The number of amides is 1. The molecule has 0 spiro atoms. The zero-order valence-corrected chi connectivity index (χ0v) is 11.3. The Morgan fingerprint density at radius 2 is 1.82 bits per heavy atom. The van der Waals surface area contributed by atoms with Crippen LogP contribution in [0.1, 0.15) is 5.56 Å². The van der Waals surface area contributed by atoms with Crippen molar-refractivity contribution in [1.29, 1.82) is 0 Å². The highest BCUT2D eigenvalue weighted by molar-refractivity contribution is 6.31. The number of alkyl halides is 2. The molecule has 2 aromatic carbocycles. The molecule has 22 heavy (non-hydrogen) atoms. The van der Waals surface area contributed by atoms with Crippen molar-refractivity contribution in [2.24, 2.45) is 0 Å². The Hall–Kier alpha value is -2.89. The maximum atomic E-state index is 12.1. The molecule has 2 aromatic rings. The van der Waals surface area contributed by atoms with Gasteiger partial charge in [0.1, 0.15) is 5.75 Å². The minimum atomic E-state index is -2.85. The molecule has 0 fully saturated rings. The lowest BCUT2D eigenvalue weighted by atomic mass is 10.1. The van der Waals surface area contributed by atoms with E-state index in [9.17, 15) is 13.6 Å². The monoisotopic (exact) mass is 302 g/mol. The lowest BCUT2D eigenvalue weighted by Crippen LogP contribution is -2.05. The Kier molecular flexibility index (Phi) is 3.74. The molecule has 1 aliphatic rings. The molecule has 0 saturated carbocycles. The molecule has 0 aromatic heterocycles. The fourth-order valence-corrected chi connectivity index (χ4v) is 2.17. The van der Waals surface area contributed by atoms with Crippen LogP contribution in [-0.2, 0) is 4.79 Å². The van der Waals surface area contributed by atoms with Crippen LogP contribution in [0.25, 0.3) is 5.57 Å². The van der Waals surface area contributed by atoms with Gasteiger partial charge >= 0.3 is 6.61 Å². The summed E-state index contributed by atoms with van der Waals surface area (Å²) in [6.07, 6.45) is 1.59. The first-order valence-electron chi connectivity index (χ1n) is 6.56. The maximum Gasteiger partial charge on any atom is 0.387 e. The number of nitrogens with one attached hydrogen (secondary N) is 2. The summed E-state index contributed by atoms with van der Waals surface area (Å²) in [7, 11) is 0. The Morgan fingerprint density at radius 1 is 1.09 bits per heavy atom. The third kappa shape index (κ3) is 2.90. The Balaban J connectivity index is 1.75. The summed E-state index contributed by atoms with van der Waals surface area (Å²) in [5, 5.41) is 5.74. The second-order valence-electron chi connectivity index (χ2n) is 4.60. The molecule has 0 atom stereocenters. The highest BCUT2D eigenvalue weighted by Crippen LogP contribution is 2.31. The van der Waals surface area contributed by atoms with E-state index < -0.39 is 6.61 Å². The van der Waals surface area contributed by atoms with Crippen molar-refractivity contribution in [3.8, 4) is 5.75 Å². The van der Waals surface area contributed by atoms with Gasteiger partial charge in [0.25, 0.3) is 5.91 Å². The molecule has 3 rings (SSSR count). The van der Waals surface area contributed by atoms with E-state index in [4.69, 9.17) is 0 Å². The molecule has 6 heteroatoms. The predicted molar refractivity (Wildman–Crippen MR) is 79.7 cm³/mol. The van der Waals surface area contributed by atoms with E-state index in [2.05, 4.69) is 15.4 Å². The predicted octanol–water partition coefficient (Wildman–Crippen LogP) is 3.69. The summed E-state index contributed by atoms with van der Waals surface area (Å²) >= 11 is 0. The van der Waals surface area contributed by atoms with E-state index in [1.165, 1.54) is 12.1 Å². The van der Waals surface area contributed by atoms with Crippen molar-refractivity contribution in [2.45, 2.75) is 6.61 Å². The van der Waals surface area contributed by atoms with Crippen LogP contribution in [0.3, 0.4) is 0 Å². The number of fused-ring (bicyclic) bond motifs is 1. The maximum absolute atomic E-state index is 12.1. The SMILES string of the molecule is O=C1Nc2ccccc2C1=CNc1ccc(OC(F)F)cc1. The summed E-state index contributed by atoms with van der Waals surface area (Å²) in [6, 6.07) is 13.4. The van der Waals surface area contributed by atoms with Gasteiger partial charge in [0.05, 0.1) is 5.57 Å². The number of carbonyl (C=O) groups excluding carboxylic acids is 1. The van der Waals surface area contributed by atoms with Crippen LogP contribution in [0.2, 0.25) is 0 Å². The summed E-state index contributed by atoms with van der Waals surface area (Å²) in [5.41, 5.74) is 2.76. The number of halogens is 2. The summed E-state index contributed by atoms with van der Waals surface area (Å²) < 4.78 is 28.4. The van der Waals surface area contributed by atoms with E-state index in [0.29, 0.717) is 11.3 Å². The van der Waals surface area contributed by atoms with Crippen LogP contribution in [-0.4, -0.2) is 12.5 Å². The van der Waals surface area contributed by atoms with E-state index in [-0.39, 0.29) is 11.7 Å². The molecule has 1 heterocycles. The first kappa shape index (κ1) is 14.1. The van der Waals surface area contributed by atoms with Crippen molar-refractivity contribution >= 4 is 22.9 Å². The van der Waals surface area contributed by atoms with Gasteiger partial charge in [-0.2, -0.15) is 8.78 Å². The third-order valence-electron chi connectivity index (χ3n) is 3.17. The van der Waals surface area contributed by atoms with Crippen molar-refractivity contribution in [3.05, 3.63) is 60.3 Å². The Labute approximate surface area is 125 Å². The normalized spacial score (nSPS) is 14.9. The minimum Gasteiger partial charge on any atom is -0.435 e. The van der Waals surface area contributed by atoms with E-state index >= 15 is 0 Å². The van der Waals surface area contributed by atoms with Crippen molar-refractivity contribution in [3.63, 3.8) is 0 Å². The van der Waals surface area contributed by atoms with Crippen LogP contribution >= 0.6 is 0 Å². The molecular formula is C16H12F2N2O2. The van der Waals surface area contributed by atoms with Crippen LogP contribution in [0, 0.1) is 0 Å². The lowest BCUT2D eigenvalue weighted by Gasteiger charge is -2.06. The highest BCUT2D eigenvalue weighted by Gasteiger charge is 2.23. The van der Waals surface area contributed by atoms with Gasteiger partial charge < -0.3 is 15.4 Å². The number of para-hydroxylation sites is 1. The smallest absolute Gasteiger partial charge is 0.387 e. The average molecular weight is 302 g/mol. The van der Waals surface area contributed by atoms with E-state index in [1.807, 2.05) is 24.3 Å². The van der Waals surface area contributed by atoms with Gasteiger partial charge in [0, 0.05) is 23.1 Å². The standard InChI is InChI=1S/C16H12F2N2O2/c17-16(18)22-11-7-5-10(6-8-11)19-9-13-12-3-1-2-4-14(12)20-15(13)21/h1-9,16,19H,(H,20,21). The van der Waals surface area contributed by atoms with Gasteiger partial charge in [-0.3, -0.25) is 4.79 Å². The summed E-state index contributed by atoms with van der Waals surface area (Å²) in [5.74, 6) is -0.108. The van der Waals surface area contributed by atoms with Gasteiger partial charge in [-0.15, -0.1) is 0 Å². The van der Waals surface area contributed by atoms with Crippen molar-refractivity contribution in [2.75, 3.05) is 10.6 Å². The molecular weight excluding hydrogens is 290 g/mol. The number of anilines is 2. The minimum absolute atomic E-state index is 0.0807. The van der Waals surface area contributed by atoms with Gasteiger partial charge in [0.15, 0.2) is 0 Å². The number of hydrogen-bond donors (Lipinski definition) is 2. The largest absolute Gasteiger partial charge is 0.435 e. The third-order valence-corrected chi connectivity index (χ3v) is 3.17. The van der Waals surface area contributed by atoms with Gasteiger partial charge in [-0.05, 0) is 30.3 Å². The molecule has 1 aliphatic heterocycles. The molecule has 0 aliphatic carbocycles. The first-order valence-corrected chi connectivity index (χ1v) is 6.56. The van der Waals surface area contributed by atoms with Crippen LogP contribution in [0.5, 0.6) is 5.75 Å². The molecule has 1 amide bonds. The Bertz CT molecular complexity index is 727. The Morgan fingerprint density at radius 3 is 2.55 bits per heavy atom. The summed E-state index contributed by atoms with van der Waals surface area (Å²) in [4.78, 5) is 11.9. The average Bonchev–Trinajstić information content (AvgIpc) is 2.81. The zero-order valence-electron chi connectivity index (χ0n) is 11.3. The fraction of sp³-hybridized carbons (Fsp3) is 0.0625. The van der Waals surface area contributed by atoms with Gasteiger partial charge in [-0.1, -0.05) is 18.2 Å². The second kappa shape index (κ2) is 5.85. The quantitative estimate of drug-likeness (QED) is 0.847. The van der Waals surface area contributed by atoms with E-state index in [0.717, 1.165) is 11.3 Å². The van der Waals surface area contributed by atoms with Crippen molar-refractivity contribution < 1.29 is 18.3 Å². The number of hydrogen-bond acceptors (Lipinski definition) is 3. The highest BCUT2D eigenvalue weighted by atomic mass is 19.3. The van der Waals surface area contributed by atoms with Crippen LogP contribution in [0.4, 0.5) is 20.2 Å². The molecule has 0 unspecified atom stereocenters. The number of ether oxygens (including phenoxy) is 1. The molecule has 0 saturated heterocycles. The molecule has 0 bridgehead atoms. The van der Waals surface area contributed by atoms with Gasteiger partial charge in [0.2, 0.25) is 0 Å². The summed E-state index contributed by atoms with van der Waals surface area (Å²) in [6.45, 7) is -2.85. The van der Waals surface area contributed by atoms with Gasteiger partial charge in [-0.25, -0.2) is 0 Å². The molecule has 0 radical (unpaired) electrons. The van der Waals surface area contributed by atoms with E-state index in [1.54, 1.807) is 18.3 Å². The van der Waals surface area contributed by atoms with Crippen molar-refractivity contribution in [1.82, 2.24) is 0 Å². The van der Waals surface area contributed by atoms with Crippen LogP contribution in [0.15, 0.2) is 54.7 Å². The second-order valence-corrected chi connectivity index (χ2v) is 4.60. The number of rotatable bonds is 4. The van der Waals surface area contributed by atoms with Crippen LogP contribution < -0.4 is 15.4 Å². The number of carbonyl (C=O) groups is 1. The lowest BCUT2D eigenvalue weighted by molar-refractivity contribution is -0.110. The molecule has 2 N–H and O–H groups in total. The molecule has 4 nitrogen and oxygen atoms in total. The first-order chi connectivity index (χ1) is 10.6. The fourth-order valence-electron chi connectivity index (χ4n) is 2.17. The topological polar surface area (TPSA) is 50.4 Å². The molecule has 112 valence electrons.